The summed E-state index contributed by atoms with van der Waals surface area (Å²) in [5, 5.41) is 20.7. The topological polar surface area (TPSA) is 102 Å². The standard InChI is InChI=1S/C16H18N4O4/c1-11-4-6-18(9-14(11)19-7-5-17-10-19)16(22)13-3-2-12(20(23)24)8-15(13)21/h2-3,5,7-8,10-11,14,21H,4,6,9H2,1H3. The van der Waals surface area contributed by atoms with Crippen molar-refractivity contribution in [3.05, 3.63) is 52.6 Å². The quantitative estimate of drug-likeness (QED) is 0.687. The van der Waals surface area contributed by atoms with Gasteiger partial charge in [-0.15, -0.1) is 0 Å². The second-order valence-electron chi connectivity index (χ2n) is 6.05. The van der Waals surface area contributed by atoms with Crippen molar-refractivity contribution in [3.63, 3.8) is 0 Å². The third kappa shape index (κ3) is 2.94. The van der Waals surface area contributed by atoms with E-state index >= 15 is 0 Å². The Bertz CT molecular complexity index is 759. The van der Waals surface area contributed by atoms with Crippen molar-refractivity contribution in [1.29, 1.82) is 0 Å². The molecular formula is C16H18N4O4. The van der Waals surface area contributed by atoms with Crippen molar-refractivity contribution in [3.8, 4) is 5.75 Å². The van der Waals surface area contributed by atoms with Gasteiger partial charge in [-0.25, -0.2) is 4.98 Å². The van der Waals surface area contributed by atoms with Crippen LogP contribution in [0.25, 0.3) is 0 Å². The number of carbonyl (C=O) groups is 1. The summed E-state index contributed by atoms with van der Waals surface area (Å²) in [7, 11) is 0. The van der Waals surface area contributed by atoms with Gasteiger partial charge in [0.15, 0.2) is 0 Å². The molecule has 8 nitrogen and oxygen atoms in total. The van der Waals surface area contributed by atoms with Crippen molar-refractivity contribution < 1.29 is 14.8 Å². The fourth-order valence-corrected chi connectivity index (χ4v) is 3.07. The average Bonchev–Trinajstić information content (AvgIpc) is 3.08. The molecule has 2 unspecified atom stereocenters. The maximum Gasteiger partial charge on any atom is 0.273 e. The fraction of sp³-hybridized carbons (Fsp3) is 0.375. The molecular weight excluding hydrogens is 312 g/mol. The van der Waals surface area contributed by atoms with Crippen LogP contribution in [0.5, 0.6) is 5.75 Å². The van der Waals surface area contributed by atoms with Gasteiger partial charge in [-0.3, -0.25) is 14.9 Å². The third-order valence-corrected chi connectivity index (χ3v) is 4.54. The number of carbonyl (C=O) groups excluding carboxylic acids is 1. The van der Waals surface area contributed by atoms with Gasteiger partial charge in [0.25, 0.3) is 11.6 Å². The highest BCUT2D eigenvalue weighted by atomic mass is 16.6. The maximum absolute atomic E-state index is 12.7. The number of likely N-dealkylation sites (tertiary alicyclic amines) is 1. The first-order valence-electron chi connectivity index (χ1n) is 7.71. The monoisotopic (exact) mass is 330 g/mol. The van der Waals surface area contributed by atoms with E-state index in [1.807, 2.05) is 10.8 Å². The number of phenols is 1. The minimum atomic E-state index is -0.606. The highest BCUT2D eigenvalue weighted by Gasteiger charge is 2.31. The van der Waals surface area contributed by atoms with Gasteiger partial charge < -0.3 is 14.6 Å². The maximum atomic E-state index is 12.7. The molecule has 1 N–H and O–H groups in total. The largest absolute Gasteiger partial charge is 0.507 e. The molecule has 24 heavy (non-hydrogen) atoms. The lowest BCUT2D eigenvalue weighted by Gasteiger charge is -2.37. The Hall–Kier alpha value is -2.90. The lowest BCUT2D eigenvalue weighted by atomic mass is 9.92. The van der Waals surface area contributed by atoms with Gasteiger partial charge in [-0.2, -0.15) is 0 Å². The first kappa shape index (κ1) is 16.0. The zero-order valence-corrected chi connectivity index (χ0v) is 13.2. The van der Waals surface area contributed by atoms with Crippen molar-refractivity contribution in [2.45, 2.75) is 19.4 Å². The number of amides is 1. The van der Waals surface area contributed by atoms with Crippen LogP contribution in [0.15, 0.2) is 36.9 Å². The zero-order chi connectivity index (χ0) is 17.3. The van der Waals surface area contributed by atoms with Gasteiger partial charge in [0.2, 0.25) is 0 Å². The molecule has 3 rings (SSSR count). The van der Waals surface area contributed by atoms with E-state index in [0.29, 0.717) is 19.0 Å². The van der Waals surface area contributed by atoms with Gasteiger partial charge in [0.05, 0.1) is 28.9 Å². The molecule has 1 aromatic heterocycles. The number of imidazole rings is 1. The molecule has 0 spiro atoms. The van der Waals surface area contributed by atoms with Crippen LogP contribution in [-0.4, -0.2) is 43.5 Å². The molecule has 2 heterocycles. The van der Waals surface area contributed by atoms with E-state index in [-0.39, 0.29) is 28.9 Å². The fourth-order valence-electron chi connectivity index (χ4n) is 3.07. The Morgan fingerprint density at radius 3 is 2.88 bits per heavy atom. The number of hydrogen-bond acceptors (Lipinski definition) is 5. The molecule has 0 radical (unpaired) electrons. The minimum Gasteiger partial charge on any atom is -0.507 e. The Kier molecular flexibility index (Phi) is 4.20. The first-order chi connectivity index (χ1) is 11.5. The normalized spacial score (nSPS) is 20.8. The Labute approximate surface area is 138 Å². The molecule has 0 bridgehead atoms. The van der Waals surface area contributed by atoms with Crippen molar-refractivity contribution in [1.82, 2.24) is 14.5 Å². The van der Waals surface area contributed by atoms with Crippen molar-refractivity contribution in [2.75, 3.05) is 13.1 Å². The number of nitrogens with zero attached hydrogens (tertiary/aromatic N) is 4. The zero-order valence-electron chi connectivity index (χ0n) is 13.2. The smallest absolute Gasteiger partial charge is 0.273 e. The Morgan fingerprint density at radius 2 is 2.25 bits per heavy atom. The van der Waals surface area contributed by atoms with Crippen LogP contribution in [0.3, 0.4) is 0 Å². The van der Waals surface area contributed by atoms with Crippen LogP contribution in [0.4, 0.5) is 5.69 Å². The molecule has 1 saturated heterocycles. The number of nitro groups is 1. The summed E-state index contributed by atoms with van der Waals surface area (Å²) in [5.41, 5.74) is -0.160. The van der Waals surface area contributed by atoms with Crippen LogP contribution in [0.2, 0.25) is 0 Å². The molecule has 1 amide bonds. The molecule has 1 aromatic carbocycles. The van der Waals surface area contributed by atoms with E-state index in [1.54, 1.807) is 17.4 Å². The number of rotatable bonds is 3. The second kappa shape index (κ2) is 6.31. The van der Waals surface area contributed by atoms with E-state index in [4.69, 9.17) is 0 Å². The van der Waals surface area contributed by atoms with Crippen LogP contribution < -0.4 is 0 Å². The number of hydrogen-bond donors (Lipinski definition) is 1. The van der Waals surface area contributed by atoms with Gasteiger partial charge in [-0.1, -0.05) is 6.92 Å². The van der Waals surface area contributed by atoms with E-state index in [0.717, 1.165) is 12.5 Å². The second-order valence-corrected chi connectivity index (χ2v) is 6.05. The summed E-state index contributed by atoms with van der Waals surface area (Å²) in [5.74, 6) is -0.292. The van der Waals surface area contributed by atoms with E-state index in [1.165, 1.54) is 12.1 Å². The third-order valence-electron chi connectivity index (χ3n) is 4.54. The molecule has 2 aromatic rings. The number of phenolic OH excluding ortho intramolecular Hbond substituents is 1. The summed E-state index contributed by atoms with van der Waals surface area (Å²) < 4.78 is 1.99. The first-order valence-corrected chi connectivity index (χ1v) is 7.71. The summed E-state index contributed by atoms with van der Waals surface area (Å²) in [4.78, 5) is 28.6. The van der Waals surface area contributed by atoms with Crippen LogP contribution in [-0.2, 0) is 0 Å². The van der Waals surface area contributed by atoms with Gasteiger partial charge >= 0.3 is 0 Å². The average molecular weight is 330 g/mol. The highest BCUT2D eigenvalue weighted by molar-refractivity contribution is 5.97. The van der Waals surface area contributed by atoms with E-state index < -0.39 is 4.92 Å². The predicted octanol–water partition coefficient (Wildman–Crippen LogP) is 2.22. The van der Waals surface area contributed by atoms with Crippen molar-refractivity contribution >= 4 is 11.6 Å². The molecule has 0 aliphatic carbocycles. The molecule has 1 aliphatic heterocycles. The highest BCUT2D eigenvalue weighted by Crippen LogP contribution is 2.30. The Morgan fingerprint density at radius 1 is 1.46 bits per heavy atom. The number of nitro benzene ring substituents is 1. The van der Waals surface area contributed by atoms with Crippen LogP contribution in [0, 0.1) is 16.0 Å². The van der Waals surface area contributed by atoms with E-state index in [9.17, 15) is 20.0 Å². The van der Waals surface area contributed by atoms with Gasteiger partial charge in [0, 0.05) is 31.5 Å². The lowest BCUT2D eigenvalue weighted by molar-refractivity contribution is -0.384. The number of aromatic nitrogens is 2. The molecule has 126 valence electrons. The molecule has 1 fully saturated rings. The summed E-state index contributed by atoms with van der Waals surface area (Å²) >= 11 is 0. The van der Waals surface area contributed by atoms with Gasteiger partial charge in [-0.05, 0) is 18.4 Å². The summed E-state index contributed by atoms with van der Waals surface area (Å²) in [6, 6.07) is 3.66. The number of benzene rings is 1. The van der Waals surface area contributed by atoms with Crippen molar-refractivity contribution in [2.24, 2.45) is 5.92 Å². The molecule has 2 atom stereocenters. The number of aromatic hydroxyl groups is 1. The number of non-ortho nitro benzene ring substituents is 1. The number of piperidine rings is 1. The minimum absolute atomic E-state index is 0.0829. The SMILES string of the molecule is CC1CCN(C(=O)c2ccc([N+](=O)[O-])cc2O)CC1n1ccnc1. The summed E-state index contributed by atoms with van der Waals surface area (Å²) in [6.07, 6.45) is 6.15. The lowest BCUT2D eigenvalue weighted by Crippen LogP contribution is -2.43. The predicted molar refractivity (Wildman–Crippen MR) is 85.7 cm³/mol. The van der Waals surface area contributed by atoms with Crippen LogP contribution in [0.1, 0.15) is 29.7 Å². The van der Waals surface area contributed by atoms with E-state index in [2.05, 4.69) is 11.9 Å². The Balaban J connectivity index is 1.81. The molecule has 1 aliphatic rings. The summed E-state index contributed by atoms with van der Waals surface area (Å²) in [6.45, 7) is 3.23. The molecule has 0 saturated carbocycles. The molecule has 8 heteroatoms. The van der Waals surface area contributed by atoms with Crippen LogP contribution >= 0.6 is 0 Å². The van der Waals surface area contributed by atoms with Gasteiger partial charge in [0.1, 0.15) is 5.75 Å².